The van der Waals surface area contributed by atoms with E-state index < -0.39 is 17.4 Å². The van der Waals surface area contributed by atoms with Crippen molar-refractivity contribution >= 4 is 0 Å². The number of rotatable bonds is 4. The molecule has 15 heavy (non-hydrogen) atoms. The zero-order chi connectivity index (χ0) is 11.4. The lowest BCUT2D eigenvalue weighted by Gasteiger charge is -2.10. The van der Waals surface area contributed by atoms with Crippen LogP contribution in [0.5, 0.6) is 11.5 Å². The third-order valence-corrected chi connectivity index (χ3v) is 2.08. The molecule has 3 nitrogen and oxygen atoms in total. The first-order valence-corrected chi connectivity index (χ1v) is 4.55. The Hall–Kier alpha value is -1.36. The van der Waals surface area contributed by atoms with Gasteiger partial charge in [-0.05, 0) is 25.5 Å². The molecule has 3 N–H and O–H groups in total. The third kappa shape index (κ3) is 2.36. The molecule has 0 unspecified atom stereocenters. The summed E-state index contributed by atoms with van der Waals surface area (Å²) in [5, 5.41) is 9.01. The topological polar surface area (TPSA) is 55.5 Å². The number of hydrogen-bond acceptors (Lipinski definition) is 3. The van der Waals surface area contributed by atoms with Gasteiger partial charge in [0.15, 0.2) is 17.3 Å². The van der Waals surface area contributed by atoms with Gasteiger partial charge >= 0.3 is 0 Å². The van der Waals surface area contributed by atoms with E-state index in [1.54, 1.807) is 0 Å². The van der Waals surface area contributed by atoms with Gasteiger partial charge in [0.1, 0.15) is 0 Å². The summed E-state index contributed by atoms with van der Waals surface area (Å²) >= 11 is 0. The van der Waals surface area contributed by atoms with Crippen LogP contribution in [0.3, 0.4) is 0 Å². The molecule has 5 heteroatoms. The average Bonchev–Trinajstić information content (AvgIpc) is 2.23. The first-order chi connectivity index (χ1) is 7.11. The van der Waals surface area contributed by atoms with E-state index in [1.165, 1.54) is 7.11 Å². The van der Waals surface area contributed by atoms with E-state index in [1.807, 2.05) is 0 Å². The molecule has 0 radical (unpaired) electrons. The van der Waals surface area contributed by atoms with Crippen LogP contribution in [0.25, 0.3) is 0 Å². The fourth-order valence-electron chi connectivity index (χ4n) is 1.34. The van der Waals surface area contributed by atoms with Crippen molar-refractivity contribution in [3.8, 4) is 11.5 Å². The highest BCUT2D eigenvalue weighted by Crippen LogP contribution is 2.32. The van der Waals surface area contributed by atoms with Crippen molar-refractivity contribution < 1.29 is 18.6 Å². The largest absolute Gasteiger partial charge is 0.503 e. The average molecular weight is 217 g/mol. The Labute approximate surface area is 86.5 Å². The van der Waals surface area contributed by atoms with E-state index in [0.29, 0.717) is 24.9 Å². The van der Waals surface area contributed by atoms with Gasteiger partial charge in [0, 0.05) is 5.56 Å². The van der Waals surface area contributed by atoms with E-state index in [4.69, 9.17) is 15.6 Å². The molecule has 0 amide bonds. The number of aryl methyl sites for hydroxylation is 1. The Bertz CT molecular complexity index is 356. The first-order valence-electron chi connectivity index (χ1n) is 4.55. The van der Waals surface area contributed by atoms with Gasteiger partial charge in [0.05, 0.1) is 7.11 Å². The molecule has 0 bridgehead atoms. The number of phenolic OH excluding ortho intramolecular Hbond substituents is 1. The van der Waals surface area contributed by atoms with Gasteiger partial charge in [-0.2, -0.15) is 4.39 Å². The predicted octanol–water partition coefficient (Wildman–Crippen LogP) is 1.57. The van der Waals surface area contributed by atoms with Crippen molar-refractivity contribution in [3.63, 3.8) is 0 Å². The normalized spacial score (nSPS) is 10.4. The lowest BCUT2D eigenvalue weighted by Crippen LogP contribution is -2.03. The van der Waals surface area contributed by atoms with E-state index in [-0.39, 0.29) is 5.75 Å². The number of methoxy groups -OCH3 is 1. The smallest absolute Gasteiger partial charge is 0.209 e. The number of aromatic hydroxyl groups is 1. The predicted molar refractivity (Wildman–Crippen MR) is 52.0 cm³/mol. The summed E-state index contributed by atoms with van der Waals surface area (Å²) in [5.74, 6) is -3.18. The van der Waals surface area contributed by atoms with Crippen LogP contribution in [0, 0.1) is 11.6 Å². The molecule has 0 heterocycles. The van der Waals surface area contributed by atoms with Gasteiger partial charge in [0.25, 0.3) is 0 Å². The van der Waals surface area contributed by atoms with Crippen molar-refractivity contribution in [1.82, 2.24) is 0 Å². The Morgan fingerprint density at radius 2 is 2.13 bits per heavy atom. The molecule has 0 saturated carbocycles. The molecule has 0 saturated heterocycles. The van der Waals surface area contributed by atoms with Gasteiger partial charge in [-0.25, -0.2) is 4.39 Å². The summed E-state index contributed by atoms with van der Waals surface area (Å²) in [6, 6.07) is 1.06. The zero-order valence-corrected chi connectivity index (χ0v) is 8.39. The second-order valence-corrected chi connectivity index (χ2v) is 3.11. The fraction of sp³-hybridized carbons (Fsp3) is 0.400. The molecule has 1 rings (SSSR count). The number of ether oxygens (including phenoxy) is 1. The van der Waals surface area contributed by atoms with Gasteiger partial charge in [-0.1, -0.05) is 0 Å². The van der Waals surface area contributed by atoms with Crippen LogP contribution in [0.1, 0.15) is 12.0 Å². The Kier molecular flexibility index (Phi) is 3.85. The molecule has 1 aromatic rings. The van der Waals surface area contributed by atoms with E-state index in [9.17, 15) is 8.78 Å². The lowest BCUT2D eigenvalue weighted by molar-refractivity contribution is 0.346. The Morgan fingerprint density at radius 1 is 1.47 bits per heavy atom. The lowest BCUT2D eigenvalue weighted by atomic mass is 10.1. The van der Waals surface area contributed by atoms with Crippen molar-refractivity contribution in [2.45, 2.75) is 12.8 Å². The van der Waals surface area contributed by atoms with Crippen molar-refractivity contribution in [1.29, 1.82) is 0 Å². The minimum absolute atomic E-state index is 0.123. The van der Waals surface area contributed by atoms with Crippen LogP contribution < -0.4 is 10.5 Å². The molecule has 0 spiro atoms. The van der Waals surface area contributed by atoms with E-state index in [0.717, 1.165) is 6.07 Å². The molecule has 0 aliphatic heterocycles. The van der Waals surface area contributed by atoms with Crippen molar-refractivity contribution in [2.24, 2.45) is 5.73 Å². The van der Waals surface area contributed by atoms with Gasteiger partial charge in [-0.15, -0.1) is 0 Å². The van der Waals surface area contributed by atoms with Crippen LogP contribution in [0.4, 0.5) is 8.78 Å². The fourth-order valence-corrected chi connectivity index (χ4v) is 1.34. The second kappa shape index (κ2) is 4.93. The molecule has 0 fully saturated rings. The second-order valence-electron chi connectivity index (χ2n) is 3.11. The van der Waals surface area contributed by atoms with E-state index in [2.05, 4.69) is 0 Å². The highest BCUT2D eigenvalue weighted by molar-refractivity contribution is 5.43. The number of nitrogens with two attached hydrogens (primary N) is 1. The summed E-state index contributed by atoms with van der Waals surface area (Å²) in [7, 11) is 1.27. The number of hydrogen-bond donors (Lipinski definition) is 2. The molecule has 84 valence electrons. The molecule has 0 aliphatic rings. The SMILES string of the molecule is COc1c(CCCN)cc(F)c(O)c1F. The van der Waals surface area contributed by atoms with Gasteiger partial charge in [0.2, 0.25) is 5.82 Å². The summed E-state index contributed by atoms with van der Waals surface area (Å²) in [6.45, 7) is 0.424. The van der Waals surface area contributed by atoms with Crippen LogP contribution in [0.15, 0.2) is 6.07 Å². The van der Waals surface area contributed by atoms with Gasteiger partial charge < -0.3 is 15.6 Å². The first kappa shape index (κ1) is 11.7. The number of halogens is 2. The Morgan fingerprint density at radius 3 is 2.67 bits per heavy atom. The van der Waals surface area contributed by atoms with E-state index >= 15 is 0 Å². The minimum Gasteiger partial charge on any atom is -0.503 e. The van der Waals surface area contributed by atoms with Crippen molar-refractivity contribution in [2.75, 3.05) is 13.7 Å². The monoisotopic (exact) mass is 217 g/mol. The van der Waals surface area contributed by atoms with Crippen LogP contribution in [-0.4, -0.2) is 18.8 Å². The Balaban J connectivity index is 3.13. The summed E-state index contributed by atoms with van der Waals surface area (Å²) in [4.78, 5) is 0. The third-order valence-electron chi connectivity index (χ3n) is 2.08. The van der Waals surface area contributed by atoms with Crippen molar-refractivity contribution in [3.05, 3.63) is 23.3 Å². The van der Waals surface area contributed by atoms with Crippen LogP contribution in [-0.2, 0) is 6.42 Å². The molecule has 0 aliphatic carbocycles. The summed E-state index contributed by atoms with van der Waals surface area (Å²) < 4.78 is 31.1. The number of benzene rings is 1. The maximum Gasteiger partial charge on any atom is 0.209 e. The molecular weight excluding hydrogens is 204 g/mol. The molecule has 1 aromatic carbocycles. The summed E-state index contributed by atoms with van der Waals surface area (Å²) in [5.41, 5.74) is 5.67. The summed E-state index contributed by atoms with van der Waals surface area (Å²) in [6.07, 6.45) is 1.01. The number of phenols is 1. The van der Waals surface area contributed by atoms with Crippen LogP contribution >= 0.6 is 0 Å². The van der Waals surface area contributed by atoms with Gasteiger partial charge in [-0.3, -0.25) is 0 Å². The quantitative estimate of drug-likeness (QED) is 0.804. The minimum atomic E-state index is -1.07. The van der Waals surface area contributed by atoms with Crippen LogP contribution in [0.2, 0.25) is 0 Å². The standard InChI is InChI=1S/C10H13F2NO2/c1-15-10-6(3-2-4-13)5-7(11)9(14)8(10)12/h5,14H,2-4,13H2,1H3. The molecule has 0 atom stereocenters. The molecule has 0 aromatic heterocycles. The highest BCUT2D eigenvalue weighted by atomic mass is 19.1. The maximum absolute atomic E-state index is 13.3. The molecular formula is C10H13F2NO2. The maximum atomic E-state index is 13.3. The highest BCUT2D eigenvalue weighted by Gasteiger charge is 2.18. The zero-order valence-electron chi connectivity index (χ0n) is 8.39.